The van der Waals surface area contributed by atoms with E-state index in [-0.39, 0.29) is 17.9 Å². The van der Waals surface area contributed by atoms with Crippen LogP contribution in [-0.2, 0) is 16.1 Å². The highest BCUT2D eigenvalue weighted by molar-refractivity contribution is 6.46. The highest BCUT2D eigenvalue weighted by atomic mass is 35.5. The van der Waals surface area contributed by atoms with Crippen molar-refractivity contribution in [2.45, 2.75) is 12.6 Å². The van der Waals surface area contributed by atoms with E-state index in [0.717, 1.165) is 0 Å². The minimum Gasteiger partial charge on any atom is -0.507 e. The summed E-state index contributed by atoms with van der Waals surface area (Å²) in [7, 11) is 0. The molecule has 0 aliphatic carbocycles. The number of hydrogen-bond donors (Lipinski definition) is 1. The summed E-state index contributed by atoms with van der Waals surface area (Å²) < 4.78 is 10.8. The Bertz CT molecular complexity index is 1160. The second-order valence-electron chi connectivity index (χ2n) is 7.18. The smallest absolute Gasteiger partial charge is 0.296 e. The van der Waals surface area contributed by atoms with E-state index in [0.29, 0.717) is 34.3 Å². The minimum atomic E-state index is -0.797. The van der Waals surface area contributed by atoms with E-state index in [1.165, 1.54) is 11.2 Å². The largest absolute Gasteiger partial charge is 0.507 e. The maximum Gasteiger partial charge on any atom is 0.296 e. The van der Waals surface area contributed by atoms with Gasteiger partial charge in [0.25, 0.3) is 11.7 Å². The molecule has 1 N–H and O–H groups in total. The van der Waals surface area contributed by atoms with Crippen molar-refractivity contribution in [1.82, 2.24) is 4.90 Å². The van der Waals surface area contributed by atoms with Crippen molar-refractivity contribution in [2.24, 2.45) is 0 Å². The number of amides is 1. The van der Waals surface area contributed by atoms with Gasteiger partial charge in [-0.05, 0) is 54.1 Å². The van der Waals surface area contributed by atoms with Crippen molar-refractivity contribution in [1.29, 1.82) is 0 Å². The zero-order chi connectivity index (χ0) is 22.7. The molecule has 1 aliphatic heterocycles. The molecule has 7 heteroatoms. The molecule has 2 aromatic carbocycles. The fourth-order valence-corrected chi connectivity index (χ4v) is 3.75. The molecule has 1 aliphatic rings. The van der Waals surface area contributed by atoms with E-state index in [2.05, 4.69) is 6.58 Å². The van der Waals surface area contributed by atoms with Crippen molar-refractivity contribution in [3.8, 4) is 5.75 Å². The molecule has 4 rings (SSSR count). The van der Waals surface area contributed by atoms with Crippen LogP contribution in [0.25, 0.3) is 5.76 Å². The number of ketones is 1. The standard InChI is InChI=1S/C25H20ClNO5/c1-2-13-31-19-11-7-17(8-12-19)23(28)21-22(16-5-9-18(26)10-6-16)27(25(30)24(21)29)15-20-4-3-14-32-20/h2-12,14,22,28H,1,13,15H2/b23-21+. The number of aliphatic hydroxyl groups is 1. The first-order chi connectivity index (χ1) is 15.5. The molecule has 0 bridgehead atoms. The minimum absolute atomic E-state index is 0.00337. The van der Waals surface area contributed by atoms with Gasteiger partial charge < -0.3 is 19.2 Å². The van der Waals surface area contributed by atoms with E-state index in [1.807, 2.05) is 0 Å². The summed E-state index contributed by atoms with van der Waals surface area (Å²) in [6, 6.07) is 16.1. The lowest BCUT2D eigenvalue weighted by Crippen LogP contribution is -2.29. The van der Waals surface area contributed by atoms with Gasteiger partial charge in [-0.3, -0.25) is 9.59 Å². The van der Waals surface area contributed by atoms with E-state index < -0.39 is 17.7 Å². The zero-order valence-electron chi connectivity index (χ0n) is 17.0. The lowest BCUT2D eigenvalue weighted by Gasteiger charge is -2.24. The van der Waals surface area contributed by atoms with Crippen molar-refractivity contribution < 1.29 is 23.8 Å². The number of ether oxygens (including phenoxy) is 1. The Hall–Kier alpha value is -3.77. The number of Topliss-reactive ketones (excluding diaryl/α,β-unsaturated/α-hetero) is 1. The van der Waals surface area contributed by atoms with Gasteiger partial charge in [-0.1, -0.05) is 36.4 Å². The number of benzene rings is 2. The molecule has 2 heterocycles. The van der Waals surface area contributed by atoms with Crippen LogP contribution in [0.5, 0.6) is 5.75 Å². The fraction of sp³-hybridized carbons (Fsp3) is 0.120. The molecule has 1 atom stereocenters. The van der Waals surface area contributed by atoms with E-state index >= 15 is 0 Å². The van der Waals surface area contributed by atoms with Crippen LogP contribution in [0.4, 0.5) is 0 Å². The Morgan fingerprint density at radius 3 is 2.47 bits per heavy atom. The van der Waals surface area contributed by atoms with Crippen LogP contribution in [0.1, 0.15) is 22.9 Å². The van der Waals surface area contributed by atoms with Crippen LogP contribution in [0.2, 0.25) is 5.02 Å². The SMILES string of the molecule is C=CCOc1ccc(/C(O)=C2\C(=O)C(=O)N(Cc3ccco3)C2c2ccc(Cl)cc2)cc1. The van der Waals surface area contributed by atoms with Gasteiger partial charge in [0.1, 0.15) is 23.9 Å². The van der Waals surface area contributed by atoms with Gasteiger partial charge >= 0.3 is 0 Å². The summed E-state index contributed by atoms with van der Waals surface area (Å²) in [5, 5.41) is 11.6. The number of furan rings is 1. The molecule has 6 nitrogen and oxygen atoms in total. The molecule has 1 aromatic heterocycles. The summed E-state index contributed by atoms with van der Waals surface area (Å²) in [5.74, 6) is -0.626. The summed E-state index contributed by atoms with van der Waals surface area (Å²) in [6.45, 7) is 4.03. The van der Waals surface area contributed by atoms with Gasteiger partial charge in [0, 0.05) is 10.6 Å². The maximum atomic E-state index is 13.0. The van der Waals surface area contributed by atoms with Gasteiger partial charge in [-0.25, -0.2) is 0 Å². The van der Waals surface area contributed by atoms with Gasteiger partial charge in [0.2, 0.25) is 0 Å². The molecule has 1 unspecified atom stereocenters. The third kappa shape index (κ3) is 4.18. The monoisotopic (exact) mass is 449 g/mol. The van der Waals surface area contributed by atoms with Gasteiger partial charge in [-0.2, -0.15) is 0 Å². The van der Waals surface area contributed by atoms with Crippen molar-refractivity contribution in [3.63, 3.8) is 0 Å². The molecule has 162 valence electrons. The maximum absolute atomic E-state index is 13.0. The number of aliphatic hydroxyl groups excluding tert-OH is 1. The average molecular weight is 450 g/mol. The number of carbonyl (C=O) groups excluding carboxylic acids is 2. The first-order valence-electron chi connectivity index (χ1n) is 9.90. The van der Waals surface area contributed by atoms with Crippen LogP contribution < -0.4 is 4.74 Å². The molecule has 0 radical (unpaired) electrons. The van der Waals surface area contributed by atoms with Crippen LogP contribution >= 0.6 is 11.6 Å². The first-order valence-corrected chi connectivity index (χ1v) is 10.3. The first kappa shape index (κ1) is 21.5. The molecule has 1 saturated heterocycles. The lowest BCUT2D eigenvalue weighted by molar-refractivity contribution is -0.140. The molecular weight excluding hydrogens is 430 g/mol. The normalized spacial score (nSPS) is 17.5. The molecular formula is C25H20ClNO5. The summed E-state index contributed by atoms with van der Waals surface area (Å²) >= 11 is 6.03. The molecule has 0 spiro atoms. The molecule has 3 aromatic rings. The molecule has 1 amide bonds. The topological polar surface area (TPSA) is 80.0 Å². The Balaban J connectivity index is 1.78. The van der Waals surface area contributed by atoms with E-state index in [4.69, 9.17) is 20.8 Å². The zero-order valence-corrected chi connectivity index (χ0v) is 17.8. The van der Waals surface area contributed by atoms with E-state index in [9.17, 15) is 14.7 Å². The van der Waals surface area contributed by atoms with Crippen LogP contribution in [-0.4, -0.2) is 28.3 Å². The average Bonchev–Trinajstić information content (AvgIpc) is 3.41. The number of likely N-dealkylation sites (tertiary alicyclic amines) is 1. The molecule has 32 heavy (non-hydrogen) atoms. The summed E-state index contributed by atoms with van der Waals surface area (Å²) in [4.78, 5) is 27.3. The van der Waals surface area contributed by atoms with Gasteiger partial charge in [0.15, 0.2) is 0 Å². The Morgan fingerprint density at radius 1 is 1.12 bits per heavy atom. The number of rotatable bonds is 7. The third-order valence-electron chi connectivity index (χ3n) is 5.13. The predicted octanol–water partition coefficient (Wildman–Crippen LogP) is 5.12. The summed E-state index contributed by atoms with van der Waals surface area (Å²) in [5.41, 5.74) is 1.04. The van der Waals surface area contributed by atoms with Crippen LogP contribution in [0.15, 0.2) is 89.6 Å². The third-order valence-corrected chi connectivity index (χ3v) is 5.38. The Morgan fingerprint density at radius 2 is 1.84 bits per heavy atom. The van der Waals surface area contributed by atoms with Gasteiger partial charge in [0.05, 0.1) is 24.4 Å². The Labute approximate surface area is 190 Å². The number of nitrogens with zero attached hydrogens (tertiary/aromatic N) is 1. The summed E-state index contributed by atoms with van der Waals surface area (Å²) in [6.07, 6.45) is 3.12. The lowest BCUT2D eigenvalue weighted by atomic mass is 9.95. The number of halogens is 1. The van der Waals surface area contributed by atoms with E-state index in [1.54, 1.807) is 66.7 Å². The van der Waals surface area contributed by atoms with Crippen molar-refractivity contribution in [2.75, 3.05) is 6.61 Å². The van der Waals surface area contributed by atoms with Crippen LogP contribution in [0, 0.1) is 0 Å². The fourth-order valence-electron chi connectivity index (χ4n) is 3.62. The van der Waals surface area contributed by atoms with Crippen molar-refractivity contribution >= 4 is 29.1 Å². The number of hydrogen-bond acceptors (Lipinski definition) is 5. The highest BCUT2D eigenvalue weighted by Gasteiger charge is 2.46. The second kappa shape index (κ2) is 9.16. The quantitative estimate of drug-likeness (QED) is 0.234. The molecule has 0 saturated carbocycles. The van der Waals surface area contributed by atoms with Crippen LogP contribution in [0.3, 0.4) is 0 Å². The highest BCUT2D eigenvalue weighted by Crippen LogP contribution is 2.40. The van der Waals surface area contributed by atoms with Gasteiger partial charge in [-0.15, -0.1) is 0 Å². The van der Waals surface area contributed by atoms with Crippen molar-refractivity contribution in [3.05, 3.63) is 107 Å². The predicted molar refractivity (Wildman–Crippen MR) is 120 cm³/mol. The Kier molecular flexibility index (Phi) is 6.14. The second-order valence-corrected chi connectivity index (χ2v) is 7.62. The molecule has 1 fully saturated rings. The number of carbonyl (C=O) groups is 2.